The maximum atomic E-state index is 11.7. The van der Waals surface area contributed by atoms with Gasteiger partial charge in [-0.05, 0) is 31.7 Å². The van der Waals surface area contributed by atoms with E-state index in [4.69, 9.17) is 10.5 Å². The molecule has 0 heterocycles. The van der Waals surface area contributed by atoms with Gasteiger partial charge in [-0.2, -0.15) is 0 Å². The number of halogens is 1. The van der Waals surface area contributed by atoms with Gasteiger partial charge < -0.3 is 21.1 Å². The summed E-state index contributed by atoms with van der Waals surface area (Å²) in [6, 6.07) is 7.70. The molecule has 0 atom stereocenters. The molecular formula is C16H24ClN3O3. The van der Waals surface area contributed by atoms with Crippen LogP contribution < -0.4 is 21.1 Å². The summed E-state index contributed by atoms with van der Waals surface area (Å²) in [5, 5.41) is 5.20. The lowest BCUT2D eigenvalue weighted by molar-refractivity contribution is -0.125. The third-order valence-corrected chi connectivity index (χ3v) is 3.68. The van der Waals surface area contributed by atoms with E-state index in [9.17, 15) is 9.59 Å². The Bertz CT molecular complexity index is 519. The molecule has 2 rings (SSSR count). The second kappa shape index (κ2) is 10.1. The normalized spacial score (nSPS) is 14.0. The Morgan fingerprint density at radius 1 is 1.13 bits per heavy atom. The number of amides is 2. The molecule has 1 aromatic rings. The zero-order valence-electron chi connectivity index (χ0n) is 13.0. The monoisotopic (exact) mass is 341 g/mol. The summed E-state index contributed by atoms with van der Waals surface area (Å²) in [5.41, 5.74) is 6.10. The minimum Gasteiger partial charge on any atom is -0.490 e. The fraction of sp³-hybridized carbons (Fsp3) is 0.500. The van der Waals surface area contributed by atoms with Crippen molar-refractivity contribution in [3.63, 3.8) is 0 Å². The highest BCUT2D eigenvalue weighted by Gasteiger charge is 2.17. The average molecular weight is 342 g/mol. The van der Waals surface area contributed by atoms with Crippen LogP contribution in [0.4, 0.5) is 0 Å². The van der Waals surface area contributed by atoms with Gasteiger partial charge in [0.1, 0.15) is 5.75 Å². The van der Waals surface area contributed by atoms with E-state index in [1.54, 1.807) is 0 Å². The van der Waals surface area contributed by atoms with Gasteiger partial charge in [-0.1, -0.05) is 18.2 Å². The third-order valence-electron chi connectivity index (χ3n) is 3.68. The van der Waals surface area contributed by atoms with Crippen LogP contribution in [-0.4, -0.2) is 31.0 Å². The van der Waals surface area contributed by atoms with Crippen LogP contribution in [0, 0.1) is 0 Å². The van der Waals surface area contributed by atoms with Gasteiger partial charge in [0, 0.05) is 12.1 Å². The van der Waals surface area contributed by atoms with Crippen LogP contribution in [0.1, 0.15) is 31.2 Å². The largest absolute Gasteiger partial charge is 0.490 e. The number of benzene rings is 1. The molecule has 0 radical (unpaired) electrons. The highest BCUT2D eigenvalue weighted by molar-refractivity contribution is 5.85. The van der Waals surface area contributed by atoms with Crippen molar-refractivity contribution in [1.82, 2.24) is 10.6 Å². The van der Waals surface area contributed by atoms with Crippen LogP contribution in [0.3, 0.4) is 0 Å². The number of carbonyl (C=O) groups is 2. The Morgan fingerprint density at radius 2 is 1.83 bits per heavy atom. The van der Waals surface area contributed by atoms with Crippen molar-refractivity contribution in [2.45, 2.75) is 38.3 Å². The molecule has 0 saturated heterocycles. The minimum atomic E-state index is -0.347. The van der Waals surface area contributed by atoms with Crippen molar-refractivity contribution >= 4 is 24.2 Å². The molecule has 1 saturated carbocycles. The second-order valence-electron chi connectivity index (χ2n) is 5.39. The van der Waals surface area contributed by atoms with E-state index in [1.807, 2.05) is 24.3 Å². The Morgan fingerprint density at radius 3 is 2.52 bits per heavy atom. The van der Waals surface area contributed by atoms with Crippen molar-refractivity contribution < 1.29 is 14.3 Å². The number of nitrogens with two attached hydrogens (primary N) is 1. The lowest BCUT2D eigenvalue weighted by atomic mass is 10.2. The van der Waals surface area contributed by atoms with Crippen LogP contribution in [0.5, 0.6) is 5.75 Å². The first kappa shape index (κ1) is 19.3. The van der Waals surface area contributed by atoms with E-state index in [0.717, 1.165) is 24.2 Å². The molecule has 0 aliphatic heterocycles. The molecule has 1 aliphatic rings. The van der Waals surface area contributed by atoms with E-state index in [0.29, 0.717) is 6.54 Å². The van der Waals surface area contributed by atoms with E-state index in [1.165, 1.54) is 12.8 Å². The van der Waals surface area contributed by atoms with Gasteiger partial charge in [0.05, 0.1) is 19.2 Å². The molecule has 7 heteroatoms. The fourth-order valence-corrected chi connectivity index (χ4v) is 2.46. The molecule has 1 aliphatic carbocycles. The number of nitrogens with one attached hydrogen (secondary N) is 2. The summed E-state index contributed by atoms with van der Waals surface area (Å²) < 4.78 is 6.02. The average Bonchev–Trinajstić information content (AvgIpc) is 3.04. The molecule has 23 heavy (non-hydrogen) atoms. The smallest absolute Gasteiger partial charge is 0.239 e. The molecule has 0 unspecified atom stereocenters. The van der Waals surface area contributed by atoms with Crippen LogP contribution in [0.25, 0.3) is 0 Å². The highest BCUT2D eigenvalue weighted by Crippen LogP contribution is 2.26. The van der Waals surface area contributed by atoms with Crippen molar-refractivity contribution in [3.05, 3.63) is 29.8 Å². The van der Waals surface area contributed by atoms with E-state index >= 15 is 0 Å². The zero-order chi connectivity index (χ0) is 15.8. The lowest BCUT2D eigenvalue weighted by Gasteiger charge is -2.16. The van der Waals surface area contributed by atoms with Crippen LogP contribution in [0.15, 0.2) is 24.3 Å². The topological polar surface area (TPSA) is 93.5 Å². The second-order valence-corrected chi connectivity index (χ2v) is 5.39. The van der Waals surface area contributed by atoms with E-state index < -0.39 is 0 Å². The number of para-hydroxylation sites is 1. The number of hydrogen-bond donors (Lipinski definition) is 3. The van der Waals surface area contributed by atoms with Crippen molar-refractivity contribution in [3.8, 4) is 5.75 Å². The molecule has 6 nitrogen and oxygen atoms in total. The van der Waals surface area contributed by atoms with Gasteiger partial charge in [-0.3, -0.25) is 9.59 Å². The molecule has 1 aromatic carbocycles. The Hall–Kier alpha value is -1.79. The van der Waals surface area contributed by atoms with Gasteiger partial charge in [0.15, 0.2) is 0 Å². The van der Waals surface area contributed by atoms with Crippen molar-refractivity contribution in [1.29, 1.82) is 0 Å². The maximum Gasteiger partial charge on any atom is 0.239 e. The summed E-state index contributed by atoms with van der Waals surface area (Å²) in [7, 11) is 0. The fourth-order valence-electron chi connectivity index (χ4n) is 2.46. The first-order valence-corrected chi connectivity index (χ1v) is 7.67. The number of rotatable bonds is 7. The molecule has 1 fully saturated rings. The van der Waals surface area contributed by atoms with Gasteiger partial charge in [-0.15, -0.1) is 12.4 Å². The Kier molecular flexibility index (Phi) is 8.43. The van der Waals surface area contributed by atoms with E-state index in [-0.39, 0.29) is 43.4 Å². The number of ether oxygens (including phenoxy) is 1. The van der Waals surface area contributed by atoms with Crippen molar-refractivity contribution in [2.75, 3.05) is 13.1 Å². The minimum absolute atomic E-state index is 0. The molecule has 4 N–H and O–H groups in total. The number of hydrogen-bond acceptors (Lipinski definition) is 4. The molecule has 128 valence electrons. The zero-order valence-corrected chi connectivity index (χ0v) is 13.9. The van der Waals surface area contributed by atoms with Gasteiger partial charge in [-0.25, -0.2) is 0 Å². The molecule has 0 aromatic heterocycles. The maximum absolute atomic E-state index is 11.7. The standard InChI is InChI=1S/C16H23N3O3.ClH/c17-9-15(20)19-11-16(21)18-10-12-5-1-4-8-14(12)22-13-6-2-3-7-13;/h1,4-5,8,13H,2-3,6-7,9-11,17H2,(H,18,21)(H,19,20);1H. The Balaban J connectivity index is 0.00000264. The summed E-state index contributed by atoms with van der Waals surface area (Å²) in [6.45, 7) is 0.188. The number of carbonyl (C=O) groups excluding carboxylic acids is 2. The first-order valence-electron chi connectivity index (χ1n) is 7.67. The van der Waals surface area contributed by atoms with E-state index in [2.05, 4.69) is 10.6 Å². The van der Waals surface area contributed by atoms with Crippen LogP contribution >= 0.6 is 12.4 Å². The lowest BCUT2D eigenvalue weighted by Crippen LogP contribution is -2.39. The molecule has 0 bridgehead atoms. The summed E-state index contributed by atoms with van der Waals surface area (Å²) >= 11 is 0. The SMILES string of the molecule is Cl.NCC(=O)NCC(=O)NCc1ccccc1OC1CCCC1. The summed E-state index contributed by atoms with van der Waals surface area (Å²) in [5.74, 6) is 0.221. The van der Waals surface area contributed by atoms with Crippen LogP contribution in [-0.2, 0) is 16.1 Å². The van der Waals surface area contributed by atoms with Gasteiger partial charge >= 0.3 is 0 Å². The summed E-state index contributed by atoms with van der Waals surface area (Å²) in [6.07, 6.45) is 4.88. The Labute approximate surface area is 142 Å². The molecular weight excluding hydrogens is 318 g/mol. The molecule has 0 spiro atoms. The van der Waals surface area contributed by atoms with Gasteiger partial charge in [0.2, 0.25) is 11.8 Å². The van der Waals surface area contributed by atoms with Gasteiger partial charge in [0.25, 0.3) is 0 Å². The van der Waals surface area contributed by atoms with Crippen molar-refractivity contribution in [2.24, 2.45) is 5.73 Å². The quantitative estimate of drug-likeness (QED) is 0.692. The third kappa shape index (κ3) is 6.46. The first-order chi connectivity index (χ1) is 10.7. The predicted molar refractivity (Wildman–Crippen MR) is 90.5 cm³/mol. The summed E-state index contributed by atoms with van der Waals surface area (Å²) in [4.78, 5) is 22.7. The van der Waals surface area contributed by atoms with Crippen LogP contribution in [0.2, 0.25) is 0 Å². The highest BCUT2D eigenvalue weighted by atomic mass is 35.5. The molecule has 2 amide bonds. The predicted octanol–water partition coefficient (Wildman–Crippen LogP) is 1.12.